The summed E-state index contributed by atoms with van der Waals surface area (Å²) in [4.78, 5) is 15.4. The van der Waals surface area contributed by atoms with Gasteiger partial charge in [-0.25, -0.2) is 0 Å². The summed E-state index contributed by atoms with van der Waals surface area (Å²) < 4.78 is 40.7. The van der Waals surface area contributed by atoms with Crippen LogP contribution in [0, 0.1) is 23.7 Å². The van der Waals surface area contributed by atoms with E-state index >= 15 is 0 Å². The van der Waals surface area contributed by atoms with Crippen molar-refractivity contribution in [2.75, 3.05) is 6.54 Å². The van der Waals surface area contributed by atoms with E-state index in [9.17, 15) is 18.0 Å². The molecule has 1 heterocycles. The third kappa shape index (κ3) is 4.12. The predicted molar refractivity (Wildman–Crippen MR) is 118 cm³/mol. The first-order valence-electron chi connectivity index (χ1n) is 11.9. The van der Waals surface area contributed by atoms with Crippen molar-refractivity contribution in [2.24, 2.45) is 23.7 Å². The maximum atomic E-state index is 13.6. The van der Waals surface area contributed by atoms with Crippen LogP contribution in [0.25, 0.3) is 0 Å². The van der Waals surface area contributed by atoms with Crippen molar-refractivity contribution in [1.82, 2.24) is 4.90 Å². The molecule has 0 N–H and O–H groups in total. The van der Waals surface area contributed by atoms with Crippen LogP contribution in [0.15, 0.2) is 54.6 Å². The average molecular weight is 442 g/mol. The molecule has 0 unspecified atom stereocenters. The summed E-state index contributed by atoms with van der Waals surface area (Å²) >= 11 is 0. The third-order valence-electron chi connectivity index (χ3n) is 8.16. The largest absolute Gasteiger partial charge is 0.416 e. The summed E-state index contributed by atoms with van der Waals surface area (Å²) in [6.45, 7) is 1.12. The number of carbonyl (C=O) groups is 1. The van der Waals surface area contributed by atoms with Crippen LogP contribution in [0.4, 0.5) is 13.2 Å². The maximum absolute atomic E-state index is 13.6. The smallest absolute Gasteiger partial charge is 0.299 e. The fraction of sp³-hybridized carbons (Fsp3) is 0.519. The van der Waals surface area contributed by atoms with Crippen LogP contribution in [0.5, 0.6) is 0 Å². The number of carbonyl (C=O) groups excluding carboxylic acids is 1. The SMILES string of the molecule is O=C1C[C@H]2CCN(Cc3ccccc3C(F)(F)F)[C@H]3CCC[C@H]([C@H]23)[C@@H]1Cc1ccccc1. The van der Waals surface area contributed by atoms with Gasteiger partial charge in [-0.2, -0.15) is 13.2 Å². The Balaban J connectivity index is 1.39. The van der Waals surface area contributed by atoms with Crippen LogP contribution in [0.3, 0.4) is 0 Å². The molecule has 2 aliphatic carbocycles. The molecule has 5 heteroatoms. The highest BCUT2D eigenvalue weighted by Gasteiger charge is 2.51. The van der Waals surface area contributed by atoms with Crippen LogP contribution in [-0.4, -0.2) is 23.3 Å². The monoisotopic (exact) mass is 441 g/mol. The maximum Gasteiger partial charge on any atom is 0.416 e. The topological polar surface area (TPSA) is 20.3 Å². The van der Waals surface area contributed by atoms with Crippen molar-refractivity contribution in [3.8, 4) is 0 Å². The van der Waals surface area contributed by atoms with Crippen LogP contribution in [-0.2, 0) is 23.9 Å². The van der Waals surface area contributed by atoms with Crippen molar-refractivity contribution in [2.45, 2.75) is 57.3 Å². The Labute approximate surface area is 187 Å². The van der Waals surface area contributed by atoms with E-state index in [0.29, 0.717) is 42.1 Å². The minimum Gasteiger partial charge on any atom is -0.299 e. The van der Waals surface area contributed by atoms with Gasteiger partial charge < -0.3 is 0 Å². The molecule has 1 aliphatic heterocycles. The normalized spacial score (nSPS) is 30.7. The van der Waals surface area contributed by atoms with Crippen molar-refractivity contribution < 1.29 is 18.0 Å². The van der Waals surface area contributed by atoms with E-state index in [1.54, 1.807) is 12.1 Å². The van der Waals surface area contributed by atoms with E-state index in [4.69, 9.17) is 0 Å². The summed E-state index contributed by atoms with van der Waals surface area (Å²) in [6, 6.07) is 16.5. The van der Waals surface area contributed by atoms with Crippen molar-refractivity contribution >= 4 is 5.78 Å². The number of hydrogen-bond donors (Lipinski definition) is 0. The predicted octanol–water partition coefficient (Wildman–Crippen LogP) is 6.14. The van der Waals surface area contributed by atoms with E-state index in [1.165, 1.54) is 17.7 Å². The summed E-state index contributed by atoms with van der Waals surface area (Å²) in [5, 5.41) is 0. The highest BCUT2D eigenvalue weighted by molar-refractivity contribution is 5.83. The second-order valence-electron chi connectivity index (χ2n) is 9.88. The molecule has 2 saturated carbocycles. The van der Waals surface area contributed by atoms with Crippen molar-refractivity contribution in [3.05, 3.63) is 71.3 Å². The van der Waals surface area contributed by atoms with Gasteiger partial charge in [-0.3, -0.25) is 9.69 Å². The molecule has 32 heavy (non-hydrogen) atoms. The number of halogens is 3. The molecule has 0 radical (unpaired) electrons. The third-order valence-corrected chi connectivity index (χ3v) is 8.16. The first kappa shape index (κ1) is 21.7. The lowest BCUT2D eigenvalue weighted by Crippen LogP contribution is -2.58. The van der Waals surface area contributed by atoms with Crippen molar-refractivity contribution in [1.29, 1.82) is 0 Å². The first-order valence-corrected chi connectivity index (χ1v) is 11.9. The zero-order valence-electron chi connectivity index (χ0n) is 18.2. The summed E-state index contributed by atoms with van der Waals surface area (Å²) in [6.07, 6.45) is 1.15. The number of hydrogen-bond acceptors (Lipinski definition) is 2. The van der Waals surface area contributed by atoms with Gasteiger partial charge in [0.15, 0.2) is 0 Å². The molecule has 3 aliphatic rings. The van der Waals surface area contributed by atoms with Gasteiger partial charge in [0.05, 0.1) is 5.56 Å². The van der Waals surface area contributed by atoms with Gasteiger partial charge in [-0.1, -0.05) is 55.0 Å². The molecule has 5 atom stereocenters. The Hall–Kier alpha value is -2.14. The summed E-state index contributed by atoms with van der Waals surface area (Å²) in [5.74, 6) is 1.60. The Kier molecular flexibility index (Phi) is 5.87. The van der Waals surface area contributed by atoms with E-state index < -0.39 is 11.7 Å². The molecule has 0 bridgehead atoms. The molecule has 0 amide bonds. The standard InChI is InChI=1S/C27H30F3NO/c28-27(29,30)23-11-5-4-9-20(23)17-31-14-13-19-16-25(32)22(15-18-7-2-1-3-8-18)21-10-6-12-24(31)26(19)21/h1-5,7-9,11,19,21-22,24,26H,6,10,12-17H2/t19-,21+,22+,24+,26+/m1/s1. The van der Waals surface area contributed by atoms with Crippen LogP contribution < -0.4 is 0 Å². The number of ketones is 1. The Morgan fingerprint density at radius 1 is 0.938 bits per heavy atom. The Bertz CT molecular complexity index is 957. The molecular weight excluding hydrogens is 411 g/mol. The van der Waals surface area contributed by atoms with Gasteiger partial charge >= 0.3 is 6.18 Å². The Morgan fingerprint density at radius 3 is 2.47 bits per heavy atom. The zero-order valence-corrected chi connectivity index (χ0v) is 18.2. The number of benzene rings is 2. The van der Waals surface area contributed by atoms with Gasteiger partial charge in [-0.15, -0.1) is 0 Å². The average Bonchev–Trinajstić information content (AvgIpc) is 2.78. The zero-order chi connectivity index (χ0) is 22.3. The summed E-state index contributed by atoms with van der Waals surface area (Å²) in [7, 11) is 0. The lowest BCUT2D eigenvalue weighted by atomic mass is 9.55. The number of nitrogens with zero attached hydrogens (tertiary/aromatic N) is 1. The first-order chi connectivity index (χ1) is 15.4. The molecule has 0 aromatic heterocycles. The van der Waals surface area contributed by atoms with E-state index in [0.717, 1.165) is 38.6 Å². The van der Waals surface area contributed by atoms with Gasteiger partial charge in [0, 0.05) is 24.9 Å². The fourth-order valence-corrected chi connectivity index (χ4v) is 6.85. The summed E-state index contributed by atoms with van der Waals surface area (Å²) in [5.41, 5.74) is 1.06. The van der Waals surface area contributed by atoms with E-state index in [2.05, 4.69) is 17.0 Å². The number of Topliss-reactive ketones (excluding diaryl/α,β-unsaturated/α-hetero) is 1. The molecule has 2 nitrogen and oxygen atoms in total. The number of alkyl halides is 3. The van der Waals surface area contributed by atoms with Crippen molar-refractivity contribution in [3.63, 3.8) is 0 Å². The number of piperidine rings is 1. The van der Waals surface area contributed by atoms with Crippen LogP contribution >= 0.6 is 0 Å². The van der Waals surface area contributed by atoms with Gasteiger partial charge in [0.2, 0.25) is 0 Å². The molecular formula is C27H30F3NO. The lowest BCUT2D eigenvalue weighted by Gasteiger charge is -2.55. The quantitative estimate of drug-likeness (QED) is 0.568. The number of likely N-dealkylation sites (tertiary alicyclic amines) is 1. The molecule has 2 aromatic carbocycles. The van der Waals surface area contributed by atoms with E-state index in [-0.39, 0.29) is 12.0 Å². The van der Waals surface area contributed by atoms with Gasteiger partial charge in [0.1, 0.15) is 5.78 Å². The lowest BCUT2D eigenvalue weighted by molar-refractivity contribution is -0.142. The van der Waals surface area contributed by atoms with Crippen LogP contribution in [0.2, 0.25) is 0 Å². The highest BCUT2D eigenvalue weighted by Crippen LogP contribution is 2.51. The molecule has 2 aromatic rings. The molecule has 1 saturated heterocycles. The minimum absolute atomic E-state index is 0.0452. The van der Waals surface area contributed by atoms with Gasteiger partial charge in [-0.05, 0) is 67.2 Å². The van der Waals surface area contributed by atoms with Gasteiger partial charge in [0.25, 0.3) is 0 Å². The second-order valence-corrected chi connectivity index (χ2v) is 9.88. The Morgan fingerprint density at radius 2 is 1.69 bits per heavy atom. The van der Waals surface area contributed by atoms with E-state index in [1.807, 2.05) is 18.2 Å². The highest BCUT2D eigenvalue weighted by atomic mass is 19.4. The molecule has 3 fully saturated rings. The molecule has 170 valence electrons. The molecule has 0 spiro atoms. The second kappa shape index (κ2) is 8.66. The van der Waals surface area contributed by atoms with Crippen LogP contribution in [0.1, 0.15) is 48.8 Å². The minimum atomic E-state index is -4.33. The fourth-order valence-electron chi connectivity index (χ4n) is 6.85. The number of rotatable bonds is 4. The molecule has 5 rings (SSSR count).